The third-order valence-corrected chi connectivity index (χ3v) is 3.53. The molecule has 145 valence electrons. The normalized spacial score (nSPS) is 22.6. The van der Waals surface area contributed by atoms with E-state index in [0.29, 0.717) is 13.0 Å². The zero-order valence-electron chi connectivity index (χ0n) is 14.8. The van der Waals surface area contributed by atoms with Crippen LogP contribution < -0.4 is 5.32 Å². The first-order valence-corrected chi connectivity index (χ1v) is 8.00. The molecule has 1 aromatic carbocycles. The van der Waals surface area contributed by atoms with Gasteiger partial charge in [-0.15, -0.1) is 0 Å². The molecule has 0 bridgehead atoms. The van der Waals surface area contributed by atoms with E-state index in [4.69, 9.17) is 14.2 Å². The minimum absolute atomic E-state index is 0. The Hall–Kier alpha value is -0.846. The van der Waals surface area contributed by atoms with Crippen molar-refractivity contribution in [2.75, 3.05) is 6.54 Å². The van der Waals surface area contributed by atoms with Gasteiger partial charge in [-0.3, -0.25) is 4.79 Å². The van der Waals surface area contributed by atoms with E-state index in [9.17, 15) is 9.59 Å². The zero-order valence-corrected chi connectivity index (χ0v) is 16.6. The van der Waals surface area contributed by atoms with Crippen molar-refractivity contribution >= 4 is 12.1 Å². The number of esters is 1. The molecule has 3 atom stereocenters. The van der Waals surface area contributed by atoms with Crippen LogP contribution in [0, 0.1) is 42.9 Å². The van der Waals surface area contributed by atoms with E-state index in [1.165, 1.54) is 6.92 Å². The number of carbonyl (C=O) groups is 2. The number of hydrogen-bond donors (Lipinski definition) is 1. The van der Waals surface area contributed by atoms with Crippen molar-refractivity contribution in [3.8, 4) is 0 Å². The SMILES string of the molecule is CC(=O)O[C@@H]1[C@@H](OC(=O)OC(C)(C)C)CN[C@@H]1Cc1cc[c-]cc1.[Tm]. The molecule has 6 nitrogen and oxygen atoms in total. The quantitative estimate of drug-likeness (QED) is 0.502. The minimum Gasteiger partial charge on any atom is -0.457 e. The molecule has 0 amide bonds. The molecular weight excluding hydrogens is 479 g/mol. The van der Waals surface area contributed by atoms with Crippen LogP contribution in [0.25, 0.3) is 0 Å². The Bertz CT molecular complexity index is 573. The average Bonchev–Trinajstić information content (AvgIpc) is 2.80. The summed E-state index contributed by atoms with van der Waals surface area (Å²) in [6, 6.07) is 10.4. The van der Waals surface area contributed by atoms with Crippen LogP contribution in [0.5, 0.6) is 0 Å². The van der Waals surface area contributed by atoms with Gasteiger partial charge in [-0.2, -0.15) is 35.9 Å². The Labute approximate surface area is 177 Å². The van der Waals surface area contributed by atoms with E-state index < -0.39 is 29.9 Å². The summed E-state index contributed by atoms with van der Waals surface area (Å²) in [5.41, 5.74) is 0.446. The van der Waals surface area contributed by atoms with Gasteiger partial charge < -0.3 is 19.5 Å². The number of ether oxygens (including phenoxy) is 3. The fourth-order valence-electron chi connectivity index (χ4n) is 2.61. The fraction of sp³-hybridized carbons (Fsp3) is 0.556. The molecule has 25 heavy (non-hydrogen) atoms. The van der Waals surface area contributed by atoms with Crippen molar-refractivity contribution in [2.24, 2.45) is 0 Å². The predicted molar refractivity (Wildman–Crippen MR) is 87.4 cm³/mol. The van der Waals surface area contributed by atoms with Gasteiger partial charge in [0.25, 0.3) is 0 Å². The molecule has 0 saturated carbocycles. The van der Waals surface area contributed by atoms with Crippen LogP contribution in [-0.2, 0) is 25.4 Å². The van der Waals surface area contributed by atoms with Crippen LogP contribution >= 0.6 is 0 Å². The van der Waals surface area contributed by atoms with Gasteiger partial charge in [0, 0.05) is 50.3 Å². The van der Waals surface area contributed by atoms with Crippen LogP contribution in [0.1, 0.15) is 33.3 Å². The molecule has 7 heteroatoms. The summed E-state index contributed by atoms with van der Waals surface area (Å²) in [4.78, 5) is 23.3. The van der Waals surface area contributed by atoms with E-state index in [1.54, 1.807) is 20.8 Å². The first-order chi connectivity index (χ1) is 11.2. The van der Waals surface area contributed by atoms with Crippen LogP contribution in [0.4, 0.5) is 4.79 Å². The number of hydrogen-bond acceptors (Lipinski definition) is 6. The maximum Gasteiger partial charge on any atom is 0.509 e. The summed E-state index contributed by atoms with van der Waals surface area (Å²) in [7, 11) is 0. The van der Waals surface area contributed by atoms with Crippen molar-refractivity contribution in [3.05, 3.63) is 35.9 Å². The second-order valence-electron chi connectivity index (χ2n) is 6.82. The molecule has 1 heterocycles. The second-order valence-corrected chi connectivity index (χ2v) is 6.82. The average molecular weight is 503 g/mol. The Morgan fingerprint density at radius 2 is 1.88 bits per heavy atom. The van der Waals surface area contributed by atoms with Crippen molar-refractivity contribution in [1.82, 2.24) is 5.32 Å². The Balaban J connectivity index is 0.00000312. The number of benzene rings is 1. The standard InChI is InChI=1S/C18H24NO5.Tm/c1-12(20)22-16-14(10-13-8-6-5-7-9-13)19-11-15(16)23-17(21)24-18(2,3)4;/h6-9,14-16,19H,10-11H2,1-4H3;/q-1;/t14-,15+,16+;/m1./s1. The summed E-state index contributed by atoms with van der Waals surface area (Å²) in [6.45, 7) is 7.04. The van der Waals surface area contributed by atoms with Crippen molar-refractivity contribution in [3.63, 3.8) is 0 Å². The summed E-state index contributed by atoms with van der Waals surface area (Å²) in [5.74, 6) is -0.409. The predicted octanol–water partition coefficient (Wildman–Crippen LogP) is 2.25. The Kier molecular flexibility index (Phi) is 8.65. The smallest absolute Gasteiger partial charge is 0.457 e. The maximum absolute atomic E-state index is 11.9. The van der Waals surface area contributed by atoms with Gasteiger partial charge in [0.15, 0.2) is 12.2 Å². The largest absolute Gasteiger partial charge is 0.509 e. The van der Waals surface area contributed by atoms with Crippen LogP contribution in [0.15, 0.2) is 24.3 Å². The molecule has 1 saturated heterocycles. The number of nitrogens with one attached hydrogen (secondary N) is 1. The number of rotatable bonds is 4. The summed E-state index contributed by atoms with van der Waals surface area (Å²) in [5, 5.41) is 3.26. The molecule has 1 aliphatic rings. The molecule has 1 fully saturated rings. The third kappa shape index (κ3) is 7.51. The van der Waals surface area contributed by atoms with Gasteiger partial charge in [-0.25, -0.2) is 4.79 Å². The fourth-order valence-corrected chi connectivity index (χ4v) is 2.61. The van der Waals surface area contributed by atoms with Crippen molar-refractivity contribution in [2.45, 2.75) is 58.0 Å². The van der Waals surface area contributed by atoms with E-state index in [0.717, 1.165) is 5.56 Å². The van der Waals surface area contributed by atoms with Gasteiger partial charge in [0.1, 0.15) is 5.60 Å². The van der Waals surface area contributed by atoms with E-state index in [1.807, 2.05) is 24.3 Å². The van der Waals surface area contributed by atoms with E-state index in [2.05, 4.69) is 11.4 Å². The molecule has 1 radical (unpaired) electrons. The van der Waals surface area contributed by atoms with Crippen molar-refractivity contribution in [1.29, 1.82) is 0 Å². The van der Waals surface area contributed by atoms with Crippen LogP contribution in [-0.4, -0.2) is 42.5 Å². The van der Waals surface area contributed by atoms with E-state index >= 15 is 0 Å². The molecule has 2 rings (SSSR count). The zero-order chi connectivity index (χ0) is 17.7. The van der Waals surface area contributed by atoms with Gasteiger partial charge in [-0.1, -0.05) is 0 Å². The number of carbonyl (C=O) groups excluding carboxylic acids is 2. The molecular formula is C18H24NO5Tm-. The summed E-state index contributed by atoms with van der Waals surface area (Å²) < 4.78 is 15.9. The first kappa shape index (κ1) is 22.2. The monoisotopic (exact) mass is 503 g/mol. The third-order valence-electron chi connectivity index (χ3n) is 3.53. The van der Waals surface area contributed by atoms with Crippen molar-refractivity contribution < 1.29 is 60.7 Å². The molecule has 1 N–H and O–H groups in total. The topological polar surface area (TPSA) is 73.9 Å². The molecule has 1 aromatic rings. The molecule has 1 aliphatic heterocycles. The molecule has 0 unspecified atom stereocenters. The summed E-state index contributed by atoms with van der Waals surface area (Å²) >= 11 is 0. The van der Waals surface area contributed by atoms with Gasteiger partial charge in [0.2, 0.25) is 0 Å². The van der Waals surface area contributed by atoms with E-state index in [-0.39, 0.29) is 42.9 Å². The van der Waals surface area contributed by atoms with Crippen LogP contribution in [0.2, 0.25) is 0 Å². The first-order valence-electron chi connectivity index (χ1n) is 8.00. The van der Waals surface area contributed by atoms with Crippen LogP contribution in [0.3, 0.4) is 0 Å². The molecule has 0 aliphatic carbocycles. The second kappa shape index (κ2) is 9.74. The Morgan fingerprint density at radius 3 is 2.44 bits per heavy atom. The summed E-state index contributed by atoms with van der Waals surface area (Å²) in [6.07, 6.45) is -1.24. The minimum atomic E-state index is -0.763. The maximum atomic E-state index is 11.9. The van der Waals surface area contributed by atoms with Gasteiger partial charge >= 0.3 is 12.1 Å². The Morgan fingerprint density at radius 1 is 1.24 bits per heavy atom. The van der Waals surface area contributed by atoms with Gasteiger partial charge in [-0.05, 0) is 27.2 Å². The van der Waals surface area contributed by atoms with Gasteiger partial charge in [0.05, 0.1) is 6.04 Å². The molecule has 0 aromatic heterocycles. The molecule has 0 spiro atoms.